The molecule has 0 bridgehead atoms. The van der Waals surface area contributed by atoms with Gasteiger partial charge in [0.2, 0.25) is 0 Å². The number of rotatable bonds is 5. The van der Waals surface area contributed by atoms with Crippen molar-refractivity contribution in [1.29, 1.82) is 0 Å². The van der Waals surface area contributed by atoms with E-state index in [1.54, 1.807) is 13.1 Å². The van der Waals surface area contributed by atoms with Gasteiger partial charge in [0.15, 0.2) is 5.82 Å². The summed E-state index contributed by atoms with van der Waals surface area (Å²) in [7, 11) is 0. The highest BCUT2D eigenvalue weighted by atomic mass is 16.4. The van der Waals surface area contributed by atoms with Crippen molar-refractivity contribution in [3.63, 3.8) is 0 Å². The Balaban J connectivity index is 2.25. The largest absolute Gasteiger partial charge is 0.481 e. The summed E-state index contributed by atoms with van der Waals surface area (Å²) in [5, 5.41) is 22.3. The SMILES string of the molecule is CCC(C)(CNc1nncc2ccccc12)C(=O)O. The normalized spacial score (nSPS) is 14.0. The molecular formula is C14H17N3O2. The number of carbonyl (C=O) groups is 1. The number of anilines is 1. The molecule has 1 aromatic carbocycles. The maximum atomic E-state index is 11.3. The number of benzene rings is 1. The van der Waals surface area contributed by atoms with E-state index in [-0.39, 0.29) is 0 Å². The molecule has 1 heterocycles. The number of carboxylic acid groups (broad SMARTS) is 1. The van der Waals surface area contributed by atoms with Crippen LogP contribution in [0.25, 0.3) is 10.8 Å². The summed E-state index contributed by atoms with van der Waals surface area (Å²) in [4.78, 5) is 11.3. The van der Waals surface area contributed by atoms with E-state index in [1.165, 1.54) is 0 Å². The molecule has 5 nitrogen and oxygen atoms in total. The number of hydrogen-bond donors (Lipinski definition) is 2. The molecule has 0 aliphatic heterocycles. The van der Waals surface area contributed by atoms with Gasteiger partial charge in [-0.15, -0.1) is 5.10 Å². The molecule has 2 rings (SSSR count). The topological polar surface area (TPSA) is 75.1 Å². The van der Waals surface area contributed by atoms with Crippen LogP contribution in [-0.2, 0) is 4.79 Å². The highest BCUT2D eigenvalue weighted by Gasteiger charge is 2.31. The minimum Gasteiger partial charge on any atom is -0.481 e. The third kappa shape index (κ3) is 2.65. The maximum Gasteiger partial charge on any atom is 0.311 e. The van der Waals surface area contributed by atoms with E-state index in [1.807, 2.05) is 31.2 Å². The fourth-order valence-electron chi connectivity index (χ4n) is 1.79. The third-order valence-electron chi connectivity index (χ3n) is 3.51. The van der Waals surface area contributed by atoms with E-state index < -0.39 is 11.4 Å². The van der Waals surface area contributed by atoms with Crippen molar-refractivity contribution >= 4 is 22.6 Å². The molecule has 1 unspecified atom stereocenters. The number of aliphatic carboxylic acids is 1. The Labute approximate surface area is 111 Å². The summed E-state index contributed by atoms with van der Waals surface area (Å²) in [6.07, 6.45) is 2.24. The van der Waals surface area contributed by atoms with E-state index in [2.05, 4.69) is 15.5 Å². The summed E-state index contributed by atoms with van der Waals surface area (Å²) in [6.45, 7) is 3.91. The van der Waals surface area contributed by atoms with Crippen LogP contribution in [0.2, 0.25) is 0 Å². The van der Waals surface area contributed by atoms with Crippen LogP contribution in [0.1, 0.15) is 20.3 Å². The van der Waals surface area contributed by atoms with Gasteiger partial charge >= 0.3 is 5.97 Å². The number of nitrogens with one attached hydrogen (secondary N) is 1. The zero-order valence-electron chi connectivity index (χ0n) is 11.1. The number of aromatic nitrogens is 2. The quantitative estimate of drug-likeness (QED) is 0.863. The molecule has 2 aromatic rings. The molecular weight excluding hydrogens is 242 g/mol. The van der Waals surface area contributed by atoms with Gasteiger partial charge in [-0.2, -0.15) is 5.10 Å². The van der Waals surface area contributed by atoms with Crippen LogP contribution in [0.4, 0.5) is 5.82 Å². The van der Waals surface area contributed by atoms with Gasteiger partial charge in [0.25, 0.3) is 0 Å². The van der Waals surface area contributed by atoms with Crippen molar-refractivity contribution in [2.45, 2.75) is 20.3 Å². The Hall–Kier alpha value is -2.17. The van der Waals surface area contributed by atoms with E-state index >= 15 is 0 Å². The van der Waals surface area contributed by atoms with Crippen LogP contribution in [0.15, 0.2) is 30.5 Å². The Morgan fingerprint density at radius 3 is 2.84 bits per heavy atom. The maximum absolute atomic E-state index is 11.3. The van der Waals surface area contributed by atoms with Gasteiger partial charge in [0.1, 0.15) is 0 Å². The molecule has 5 heteroatoms. The fourth-order valence-corrected chi connectivity index (χ4v) is 1.79. The lowest BCUT2D eigenvalue weighted by atomic mass is 9.88. The zero-order valence-corrected chi connectivity index (χ0v) is 11.1. The van der Waals surface area contributed by atoms with Crippen molar-refractivity contribution in [3.05, 3.63) is 30.5 Å². The summed E-state index contributed by atoms with van der Waals surface area (Å²) >= 11 is 0. The smallest absolute Gasteiger partial charge is 0.311 e. The van der Waals surface area contributed by atoms with Crippen molar-refractivity contribution in [1.82, 2.24) is 10.2 Å². The molecule has 2 N–H and O–H groups in total. The highest BCUT2D eigenvalue weighted by molar-refractivity contribution is 5.91. The molecule has 0 fully saturated rings. The molecule has 0 aliphatic carbocycles. The first-order valence-corrected chi connectivity index (χ1v) is 6.24. The Morgan fingerprint density at radius 1 is 1.42 bits per heavy atom. The van der Waals surface area contributed by atoms with Gasteiger partial charge in [0, 0.05) is 17.3 Å². The van der Waals surface area contributed by atoms with Crippen LogP contribution in [0, 0.1) is 5.41 Å². The van der Waals surface area contributed by atoms with E-state index in [0.29, 0.717) is 18.8 Å². The molecule has 0 radical (unpaired) electrons. The summed E-state index contributed by atoms with van der Waals surface area (Å²) in [6, 6.07) is 7.74. The predicted octanol–water partition coefficient (Wildman–Crippen LogP) is 2.54. The molecule has 1 atom stereocenters. The second kappa shape index (κ2) is 5.22. The van der Waals surface area contributed by atoms with E-state index in [9.17, 15) is 9.90 Å². The standard InChI is InChI=1S/C14H17N3O2/c1-3-14(2,13(18)19)9-15-12-11-7-5-4-6-10(11)8-16-17-12/h4-8H,3,9H2,1-2H3,(H,15,17)(H,18,19). The second-order valence-corrected chi connectivity index (χ2v) is 4.85. The highest BCUT2D eigenvalue weighted by Crippen LogP contribution is 2.24. The van der Waals surface area contributed by atoms with Crippen molar-refractivity contribution in [2.75, 3.05) is 11.9 Å². The van der Waals surface area contributed by atoms with Crippen LogP contribution < -0.4 is 5.32 Å². The molecule has 0 amide bonds. The summed E-state index contributed by atoms with van der Waals surface area (Å²) in [5.74, 6) is -0.185. The Morgan fingerprint density at radius 2 is 2.16 bits per heavy atom. The first kappa shape index (κ1) is 13.3. The molecule has 0 saturated carbocycles. The van der Waals surface area contributed by atoms with Gasteiger partial charge in [0.05, 0.1) is 11.6 Å². The first-order valence-electron chi connectivity index (χ1n) is 6.24. The molecule has 100 valence electrons. The fraction of sp³-hybridized carbons (Fsp3) is 0.357. The number of carboxylic acids is 1. The second-order valence-electron chi connectivity index (χ2n) is 4.85. The Bertz CT molecular complexity index is 595. The molecule has 1 aromatic heterocycles. The Kier molecular flexibility index (Phi) is 3.64. The van der Waals surface area contributed by atoms with E-state index in [4.69, 9.17) is 0 Å². The number of nitrogens with zero attached hydrogens (tertiary/aromatic N) is 2. The lowest BCUT2D eigenvalue weighted by Crippen LogP contribution is -2.34. The summed E-state index contributed by atoms with van der Waals surface area (Å²) < 4.78 is 0. The third-order valence-corrected chi connectivity index (χ3v) is 3.51. The average molecular weight is 259 g/mol. The van der Waals surface area contributed by atoms with E-state index in [0.717, 1.165) is 10.8 Å². The van der Waals surface area contributed by atoms with Crippen LogP contribution in [-0.4, -0.2) is 27.8 Å². The van der Waals surface area contributed by atoms with Gasteiger partial charge in [-0.1, -0.05) is 31.2 Å². The first-order chi connectivity index (χ1) is 9.07. The van der Waals surface area contributed by atoms with Gasteiger partial charge < -0.3 is 10.4 Å². The van der Waals surface area contributed by atoms with Gasteiger partial charge in [-0.3, -0.25) is 4.79 Å². The molecule has 0 saturated heterocycles. The lowest BCUT2D eigenvalue weighted by Gasteiger charge is -2.23. The number of fused-ring (bicyclic) bond motifs is 1. The van der Waals surface area contributed by atoms with Crippen LogP contribution in [0.3, 0.4) is 0 Å². The lowest BCUT2D eigenvalue weighted by molar-refractivity contribution is -0.147. The van der Waals surface area contributed by atoms with Crippen LogP contribution >= 0.6 is 0 Å². The average Bonchev–Trinajstić information content (AvgIpc) is 2.44. The summed E-state index contributed by atoms with van der Waals surface area (Å²) in [5.41, 5.74) is -0.807. The zero-order chi connectivity index (χ0) is 13.9. The minimum atomic E-state index is -0.810. The number of hydrogen-bond acceptors (Lipinski definition) is 4. The van der Waals surface area contributed by atoms with Crippen molar-refractivity contribution < 1.29 is 9.90 Å². The predicted molar refractivity (Wildman–Crippen MR) is 74.1 cm³/mol. The minimum absolute atomic E-state index is 0.321. The van der Waals surface area contributed by atoms with Gasteiger partial charge in [-0.25, -0.2) is 0 Å². The van der Waals surface area contributed by atoms with Crippen molar-refractivity contribution in [3.8, 4) is 0 Å². The molecule has 0 spiro atoms. The van der Waals surface area contributed by atoms with Crippen LogP contribution in [0.5, 0.6) is 0 Å². The monoisotopic (exact) mass is 259 g/mol. The van der Waals surface area contributed by atoms with Gasteiger partial charge in [-0.05, 0) is 13.3 Å². The molecule has 19 heavy (non-hydrogen) atoms. The molecule has 0 aliphatic rings. The van der Waals surface area contributed by atoms with Crippen molar-refractivity contribution in [2.24, 2.45) is 5.41 Å².